The van der Waals surface area contributed by atoms with Crippen LogP contribution in [0.2, 0.25) is 82.9 Å². The van der Waals surface area contributed by atoms with E-state index in [1.165, 1.54) is 41.0 Å². The summed E-state index contributed by atoms with van der Waals surface area (Å²) in [5.41, 5.74) is 4.75. The summed E-state index contributed by atoms with van der Waals surface area (Å²) < 4.78 is 14.3. The van der Waals surface area contributed by atoms with Crippen molar-refractivity contribution in [1.29, 1.82) is 10.5 Å². The van der Waals surface area contributed by atoms with Crippen LogP contribution < -0.4 is 0 Å². The number of nitrogens with zero attached hydrogens (tertiary/aromatic N) is 3. The summed E-state index contributed by atoms with van der Waals surface area (Å²) in [6.45, 7) is 20.9. The fraction of sp³-hybridized carbons (Fsp3) is 0.857. The van der Waals surface area contributed by atoms with Crippen LogP contribution in [0.4, 0.5) is 0 Å². The molecule has 0 saturated heterocycles. The summed E-state index contributed by atoms with van der Waals surface area (Å²) in [6.07, 6.45) is 1.70. The average Bonchev–Trinajstić information content (AvgIpc) is 2.92. The Morgan fingerprint density at radius 3 is 1.26 bits per heavy atom. The SMILES string of the molecule is C.C.CO[SiH2]C([SiH3])[SiH3].CO[SiH](C)C([SiH2]C)[SiH2]C.C[SiH2]C([SiH2]C)[SiH](C)C#N.C[SiH2]C([SiH2]C)[SiH](C)N=C=O.N#C[SiH2]C([SiH3])[SiH3]. The molecule has 0 amide bonds. The van der Waals surface area contributed by atoms with Gasteiger partial charge in [-0.3, -0.25) is 4.66 Å². The molecule has 0 aromatic carbocycles. The molecule has 0 radical (unpaired) electrons. The molecule has 0 fully saturated rings. The van der Waals surface area contributed by atoms with Crippen LogP contribution in [0, 0.1) is 21.9 Å². The molecule has 0 saturated carbocycles. The van der Waals surface area contributed by atoms with Crippen LogP contribution >= 0.6 is 0 Å². The van der Waals surface area contributed by atoms with Crippen molar-refractivity contribution >= 4 is 150 Å². The maximum atomic E-state index is 9.93. The maximum Gasteiger partial charge on any atom is 0.224 e. The highest BCUT2D eigenvalue weighted by Crippen LogP contribution is 2.07. The van der Waals surface area contributed by atoms with E-state index in [9.17, 15) is 4.79 Å². The average molecular weight is 841 g/mol. The number of carbonyl (C=O) groups excluding carboxylic acids is 1. The van der Waals surface area contributed by atoms with Crippen LogP contribution in [0.5, 0.6) is 0 Å². The molecule has 0 aliphatic heterocycles. The number of rotatable bonds is 14. The van der Waals surface area contributed by atoms with Crippen LogP contribution in [-0.2, 0) is 13.6 Å². The molecule has 254 valence electrons. The third kappa shape index (κ3) is 46.0. The zero-order valence-corrected chi connectivity index (χ0v) is 52.1. The lowest BCUT2D eigenvalue weighted by Crippen LogP contribution is -2.26. The first-order valence-corrected chi connectivity index (χ1v) is 43.6. The van der Waals surface area contributed by atoms with Gasteiger partial charge in [-0.05, 0) is 16.1 Å². The molecular formula is C21H77N3O3Si15. The molecule has 0 aromatic rings. The van der Waals surface area contributed by atoms with Gasteiger partial charge >= 0.3 is 0 Å². The van der Waals surface area contributed by atoms with Crippen LogP contribution in [0.1, 0.15) is 14.9 Å². The molecule has 0 N–H and O–H groups in total. The van der Waals surface area contributed by atoms with E-state index in [0.717, 1.165) is 23.9 Å². The molecule has 0 bridgehead atoms. The Morgan fingerprint density at radius 2 is 1.14 bits per heavy atom. The lowest BCUT2D eigenvalue weighted by atomic mass is 11.7. The first-order chi connectivity index (χ1) is 18.8. The second-order valence-corrected chi connectivity index (χ2v) is 63.7. The zero-order chi connectivity index (χ0) is 32.5. The molecule has 0 spiro atoms. The highest BCUT2D eigenvalue weighted by atomic mass is 28.4. The van der Waals surface area contributed by atoms with Crippen LogP contribution in [0.3, 0.4) is 0 Å². The van der Waals surface area contributed by atoms with Crippen LogP contribution in [0.15, 0.2) is 4.66 Å². The molecule has 0 rings (SSSR count). The predicted molar refractivity (Wildman–Crippen MR) is 248 cm³/mol. The highest BCUT2D eigenvalue weighted by Gasteiger charge is 2.15. The Hall–Kier alpha value is 1.53. The minimum atomic E-state index is -0.992. The Bertz CT molecular complexity index is 643. The van der Waals surface area contributed by atoms with Crippen molar-refractivity contribution in [1.82, 2.24) is 0 Å². The van der Waals surface area contributed by atoms with Crippen molar-refractivity contribution in [3.63, 3.8) is 0 Å². The van der Waals surface area contributed by atoms with Gasteiger partial charge in [0.1, 0.15) is 9.52 Å². The van der Waals surface area contributed by atoms with E-state index in [4.69, 9.17) is 19.4 Å². The molecule has 0 aliphatic rings. The van der Waals surface area contributed by atoms with Crippen LogP contribution in [-0.4, -0.2) is 164 Å². The first kappa shape index (κ1) is 59.0. The normalized spacial score (nSPS) is 17.4. The van der Waals surface area contributed by atoms with Gasteiger partial charge < -0.3 is 8.85 Å². The molecule has 3 atom stereocenters. The second-order valence-electron chi connectivity index (χ2n) is 11.2. The van der Waals surface area contributed by atoms with E-state index in [2.05, 4.69) is 75.0 Å². The molecular weight excluding hydrogens is 764 g/mol. The topological polar surface area (TPSA) is 95.5 Å². The summed E-state index contributed by atoms with van der Waals surface area (Å²) in [6, 6.07) is 0. The number of hydrogen-bond donors (Lipinski definition) is 0. The summed E-state index contributed by atoms with van der Waals surface area (Å²) in [4.78, 5) is 15.1. The van der Waals surface area contributed by atoms with Gasteiger partial charge in [-0.1, -0.05) is 81.6 Å². The van der Waals surface area contributed by atoms with E-state index < -0.39 is 26.8 Å². The molecule has 0 aliphatic carbocycles. The standard InChI is InChI=1S/C5H15NOSi3.C5H15NSi3.C5H18OSi3.C2H9NSi3.C2H12OSi3.2CH4/c1-8-5(9-2)10(3)6-4-7;1-7-5(8-2)9(3)4-6;1-6-9(4)5(7-2)8-3;3-1-6-2(4)5;1-3-6-2(4)5;;/h5,10H,8-9H2,1-3H3;5,9H,7-8H2,1-3H3;5,9H,7-8H2,1-4H3;2H,6H2,4-5H3;2H,6H2,1,4-5H3;2*1H4. The monoisotopic (exact) mass is 839 g/mol. The molecule has 21 heteroatoms. The van der Waals surface area contributed by atoms with Gasteiger partial charge in [-0.15, -0.1) is 0 Å². The minimum absolute atomic E-state index is 0. The summed E-state index contributed by atoms with van der Waals surface area (Å²) in [5, 5.41) is 16.7. The predicted octanol–water partition coefficient (Wildman–Crippen LogP) is -5.78. The fourth-order valence-electron chi connectivity index (χ4n) is 3.92. The minimum Gasteiger partial charge on any atom is -0.427 e. The van der Waals surface area contributed by atoms with Gasteiger partial charge in [-0.2, -0.15) is 0 Å². The van der Waals surface area contributed by atoms with Gasteiger partial charge in [0.25, 0.3) is 0 Å². The van der Waals surface area contributed by atoms with Crippen LogP contribution in [0.25, 0.3) is 0 Å². The molecule has 42 heavy (non-hydrogen) atoms. The quantitative estimate of drug-likeness (QED) is 0.0989. The lowest BCUT2D eigenvalue weighted by Gasteiger charge is -2.16. The van der Waals surface area contributed by atoms with Crippen molar-refractivity contribution in [2.75, 3.05) is 14.2 Å². The van der Waals surface area contributed by atoms with Gasteiger partial charge in [0.2, 0.25) is 6.08 Å². The zero-order valence-electron chi connectivity index (χ0n) is 29.3. The van der Waals surface area contributed by atoms with Crippen molar-refractivity contribution in [2.45, 2.75) is 97.7 Å². The highest BCUT2D eigenvalue weighted by molar-refractivity contribution is 6.87. The number of nitriles is 2. The van der Waals surface area contributed by atoms with E-state index in [1.54, 1.807) is 6.08 Å². The number of isocyanates is 1. The fourth-order valence-corrected chi connectivity index (χ4v) is 34.8. The Balaban J connectivity index is -0.0000000731. The van der Waals surface area contributed by atoms with E-state index in [0.29, 0.717) is 0 Å². The molecule has 0 aromatic heterocycles. The van der Waals surface area contributed by atoms with Crippen molar-refractivity contribution in [2.24, 2.45) is 4.66 Å². The Morgan fingerprint density at radius 1 is 0.738 bits per heavy atom. The van der Waals surface area contributed by atoms with Crippen molar-refractivity contribution < 1.29 is 13.6 Å². The van der Waals surface area contributed by atoms with Crippen molar-refractivity contribution in [3.8, 4) is 11.4 Å². The summed E-state index contributed by atoms with van der Waals surface area (Å²) in [7, 11) is 7.36. The smallest absolute Gasteiger partial charge is 0.224 e. The Kier molecular flexibility index (Phi) is 66.0. The maximum absolute atomic E-state index is 9.93. The third-order valence-corrected chi connectivity index (χ3v) is 56.7. The van der Waals surface area contributed by atoms with Gasteiger partial charge in [0, 0.05) is 124 Å². The molecule has 6 nitrogen and oxygen atoms in total. The van der Waals surface area contributed by atoms with Crippen molar-refractivity contribution in [3.05, 3.63) is 0 Å². The van der Waals surface area contributed by atoms with E-state index >= 15 is 0 Å². The van der Waals surface area contributed by atoms with E-state index in [-0.39, 0.29) is 91.3 Å². The summed E-state index contributed by atoms with van der Waals surface area (Å²) >= 11 is 0. The Labute approximate surface area is 300 Å². The van der Waals surface area contributed by atoms with E-state index in [1.807, 2.05) is 14.2 Å². The number of hydrogen-bond acceptors (Lipinski definition) is 6. The molecule has 0 heterocycles. The van der Waals surface area contributed by atoms with Gasteiger partial charge in [0.15, 0.2) is 36.6 Å². The largest absolute Gasteiger partial charge is 0.427 e. The second kappa shape index (κ2) is 46.9. The molecule has 3 unspecified atom stereocenters. The summed E-state index contributed by atoms with van der Waals surface area (Å²) in [5.74, 6) is 0. The lowest BCUT2D eigenvalue weighted by molar-refractivity contribution is 0.426. The first-order valence-electron chi connectivity index (χ1n) is 15.7. The van der Waals surface area contributed by atoms with Gasteiger partial charge in [0.05, 0.1) is 0 Å². The van der Waals surface area contributed by atoms with Gasteiger partial charge in [-0.25, -0.2) is 15.3 Å². The third-order valence-electron chi connectivity index (χ3n) is 7.03.